The van der Waals surface area contributed by atoms with Crippen molar-refractivity contribution in [1.82, 2.24) is 9.88 Å². The number of non-ortho nitro benzene ring substituents is 1. The van der Waals surface area contributed by atoms with Crippen molar-refractivity contribution in [3.05, 3.63) is 80.3 Å². The summed E-state index contributed by atoms with van der Waals surface area (Å²) in [6.45, 7) is 0.405. The van der Waals surface area contributed by atoms with Crippen LogP contribution in [0.15, 0.2) is 54.0 Å². The van der Waals surface area contributed by atoms with Gasteiger partial charge >= 0.3 is 0 Å². The first-order chi connectivity index (χ1) is 13.6. The second-order valence-electron chi connectivity index (χ2n) is 6.14. The van der Waals surface area contributed by atoms with Crippen LogP contribution in [0.4, 0.5) is 11.4 Å². The fraction of sp³-hybridized carbons (Fsp3) is 0.158. The number of carbonyl (C=O) groups excluding carboxylic acids is 1. The van der Waals surface area contributed by atoms with Crippen LogP contribution in [0.25, 0.3) is 0 Å². The molecule has 0 unspecified atom stereocenters. The quantitative estimate of drug-likeness (QED) is 0.502. The molecule has 1 amide bonds. The van der Waals surface area contributed by atoms with Crippen molar-refractivity contribution in [3.8, 4) is 5.75 Å². The summed E-state index contributed by atoms with van der Waals surface area (Å²) in [7, 11) is 1.49. The summed E-state index contributed by atoms with van der Waals surface area (Å²) in [5.74, 6) is 0.303. The van der Waals surface area contributed by atoms with Crippen LogP contribution in [-0.4, -0.2) is 27.8 Å². The molecule has 0 radical (unpaired) electrons. The van der Waals surface area contributed by atoms with Crippen LogP contribution in [0.1, 0.15) is 27.1 Å². The smallest absolute Gasteiger partial charge is 0.271 e. The van der Waals surface area contributed by atoms with Gasteiger partial charge in [-0.3, -0.25) is 19.9 Å². The van der Waals surface area contributed by atoms with Gasteiger partial charge in [0.05, 0.1) is 35.5 Å². The SMILES string of the molecule is COc1ccc([N+](=O)[O-])cc1N[C@H]1c2ncccc2C(=O)N1Cc1cccs1. The summed E-state index contributed by atoms with van der Waals surface area (Å²) < 4.78 is 5.34. The van der Waals surface area contributed by atoms with Gasteiger partial charge in [-0.05, 0) is 29.6 Å². The normalized spacial score (nSPS) is 15.4. The van der Waals surface area contributed by atoms with E-state index in [4.69, 9.17) is 4.74 Å². The van der Waals surface area contributed by atoms with E-state index in [0.717, 1.165) is 4.88 Å². The molecule has 142 valence electrons. The molecule has 28 heavy (non-hydrogen) atoms. The maximum atomic E-state index is 13.0. The first kappa shape index (κ1) is 17.9. The Labute approximate surface area is 164 Å². The number of nitro groups is 1. The lowest BCUT2D eigenvalue weighted by molar-refractivity contribution is -0.384. The van der Waals surface area contributed by atoms with Gasteiger partial charge in [0.1, 0.15) is 11.9 Å². The third-order valence-corrected chi connectivity index (χ3v) is 5.35. The third-order valence-electron chi connectivity index (χ3n) is 4.49. The summed E-state index contributed by atoms with van der Waals surface area (Å²) in [6, 6.07) is 11.6. The van der Waals surface area contributed by atoms with Gasteiger partial charge in [0.2, 0.25) is 0 Å². The number of rotatable bonds is 6. The van der Waals surface area contributed by atoms with Gasteiger partial charge in [-0.15, -0.1) is 11.3 Å². The molecule has 0 bridgehead atoms. The number of amides is 1. The Morgan fingerprint density at radius 1 is 1.32 bits per heavy atom. The summed E-state index contributed by atoms with van der Waals surface area (Å²) in [5.41, 5.74) is 1.45. The number of fused-ring (bicyclic) bond motifs is 1. The average Bonchev–Trinajstić information content (AvgIpc) is 3.31. The Hall–Kier alpha value is -3.46. The summed E-state index contributed by atoms with van der Waals surface area (Å²) >= 11 is 1.56. The largest absolute Gasteiger partial charge is 0.495 e. The number of methoxy groups -OCH3 is 1. The molecule has 1 aromatic carbocycles. The van der Waals surface area contributed by atoms with E-state index >= 15 is 0 Å². The van der Waals surface area contributed by atoms with Gasteiger partial charge < -0.3 is 15.0 Å². The van der Waals surface area contributed by atoms with Crippen LogP contribution in [0.3, 0.4) is 0 Å². The van der Waals surface area contributed by atoms with Crippen molar-refractivity contribution >= 4 is 28.6 Å². The minimum Gasteiger partial charge on any atom is -0.495 e. The molecule has 1 aliphatic rings. The Bertz CT molecular complexity index is 1040. The fourth-order valence-corrected chi connectivity index (χ4v) is 3.89. The molecule has 1 N–H and O–H groups in total. The average molecular weight is 396 g/mol. The number of hydrogen-bond acceptors (Lipinski definition) is 7. The van der Waals surface area contributed by atoms with Crippen LogP contribution in [-0.2, 0) is 6.54 Å². The second-order valence-corrected chi connectivity index (χ2v) is 7.17. The Kier molecular flexibility index (Phi) is 4.66. The zero-order chi connectivity index (χ0) is 19.7. The summed E-state index contributed by atoms with van der Waals surface area (Å²) in [6.07, 6.45) is 1.06. The monoisotopic (exact) mass is 396 g/mol. The van der Waals surface area contributed by atoms with E-state index in [1.54, 1.807) is 34.6 Å². The van der Waals surface area contributed by atoms with Gasteiger partial charge in [0, 0.05) is 23.2 Å². The standard InChI is InChI=1S/C19H16N4O4S/c1-27-16-7-6-12(23(25)26)10-15(16)21-18-17-14(5-2-8-20-17)19(24)22(18)11-13-4-3-9-28-13/h2-10,18,21H,11H2,1H3/t18-/m1/s1. The number of anilines is 1. The van der Waals surface area contributed by atoms with Gasteiger partial charge in [0.15, 0.2) is 0 Å². The molecule has 0 spiro atoms. The second kappa shape index (κ2) is 7.28. The molecule has 9 heteroatoms. The molecule has 1 atom stereocenters. The van der Waals surface area contributed by atoms with Gasteiger partial charge in [-0.1, -0.05) is 6.07 Å². The highest BCUT2D eigenvalue weighted by atomic mass is 32.1. The van der Waals surface area contributed by atoms with Crippen LogP contribution in [0.2, 0.25) is 0 Å². The minimum absolute atomic E-state index is 0.0707. The lowest BCUT2D eigenvalue weighted by Crippen LogP contribution is -2.31. The molecule has 2 aromatic heterocycles. The predicted molar refractivity (Wildman–Crippen MR) is 104 cm³/mol. The first-order valence-corrected chi connectivity index (χ1v) is 9.33. The first-order valence-electron chi connectivity index (χ1n) is 8.45. The van der Waals surface area contributed by atoms with E-state index in [2.05, 4.69) is 10.3 Å². The maximum Gasteiger partial charge on any atom is 0.271 e. The van der Waals surface area contributed by atoms with Crippen molar-refractivity contribution in [2.24, 2.45) is 0 Å². The number of aromatic nitrogens is 1. The van der Waals surface area contributed by atoms with Crippen molar-refractivity contribution < 1.29 is 14.5 Å². The third kappa shape index (κ3) is 3.16. The number of carbonyl (C=O) groups is 1. The van der Waals surface area contributed by atoms with Crippen LogP contribution >= 0.6 is 11.3 Å². The van der Waals surface area contributed by atoms with E-state index in [9.17, 15) is 14.9 Å². The molecular weight excluding hydrogens is 380 g/mol. The topological polar surface area (TPSA) is 97.6 Å². The van der Waals surface area contributed by atoms with E-state index in [0.29, 0.717) is 29.2 Å². The van der Waals surface area contributed by atoms with Crippen molar-refractivity contribution in [1.29, 1.82) is 0 Å². The number of thiophene rings is 1. The molecule has 0 aliphatic carbocycles. The van der Waals surface area contributed by atoms with Crippen molar-refractivity contribution in [3.63, 3.8) is 0 Å². The van der Waals surface area contributed by atoms with Crippen LogP contribution in [0, 0.1) is 10.1 Å². The van der Waals surface area contributed by atoms with Gasteiger partial charge in [-0.2, -0.15) is 0 Å². The lowest BCUT2D eigenvalue weighted by atomic mass is 10.2. The summed E-state index contributed by atoms with van der Waals surface area (Å²) in [5, 5.41) is 16.4. The lowest BCUT2D eigenvalue weighted by Gasteiger charge is -2.26. The van der Waals surface area contributed by atoms with Crippen molar-refractivity contribution in [2.75, 3.05) is 12.4 Å². The Balaban J connectivity index is 1.74. The molecule has 3 heterocycles. The molecule has 0 saturated heterocycles. The Morgan fingerprint density at radius 2 is 2.18 bits per heavy atom. The predicted octanol–water partition coefficient (Wildman–Crippen LogP) is 3.83. The van der Waals surface area contributed by atoms with Crippen molar-refractivity contribution in [2.45, 2.75) is 12.7 Å². The number of nitrogens with zero attached hydrogens (tertiary/aromatic N) is 3. The maximum absolute atomic E-state index is 13.0. The molecule has 8 nitrogen and oxygen atoms in total. The van der Waals surface area contributed by atoms with Crippen LogP contribution < -0.4 is 10.1 Å². The van der Waals surface area contributed by atoms with Gasteiger partial charge in [0.25, 0.3) is 11.6 Å². The highest BCUT2D eigenvalue weighted by molar-refractivity contribution is 7.09. The van der Waals surface area contributed by atoms with E-state index in [1.807, 2.05) is 17.5 Å². The molecule has 3 aromatic rings. The number of benzene rings is 1. The summed E-state index contributed by atoms with van der Waals surface area (Å²) in [4.78, 5) is 30.7. The molecular formula is C19H16N4O4S. The number of pyridine rings is 1. The number of nitro benzene ring substituents is 1. The highest BCUT2D eigenvalue weighted by Crippen LogP contribution is 2.38. The molecule has 0 fully saturated rings. The fourth-order valence-electron chi connectivity index (χ4n) is 3.19. The van der Waals surface area contributed by atoms with Gasteiger partial charge in [-0.25, -0.2) is 0 Å². The molecule has 1 aliphatic heterocycles. The van der Waals surface area contributed by atoms with E-state index < -0.39 is 11.1 Å². The minimum atomic E-state index is -0.568. The van der Waals surface area contributed by atoms with Crippen LogP contribution in [0.5, 0.6) is 5.75 Å². The zero-order valence-corrected chi connectivity index (χ0v) is 15.7. The number of hydrogen-bond donors (Lipinski definition) is 1. The Morgan fingerprint density at radius 3 is 2.89 bits per heavy atom. The van der Waals surface area contributed by atoms with E-state index in [1.165, 1.54) is 25.3 Å². The molecule has 4 rings (SSSR count). The molecule has 0 saturated carbocycles. The van der Waals surface area contributed by atoms with E-state index in [-0.39, 0.29) is 11.6 Å². The number of ether oxygens (including phenoxy) is 1. The highest BCUT2D eigenvalue weighted by Gasteiger charge is 2.38. The zero-order valence-electron chi connectivity index (χ0n) is 14.9. The number of nitrogens with one attached hydrogen (secondary N) is 1.